The van der Waals surface area contributed by atoms with E-state index in [1.165, 1.54) is 0 Å². The van der Waals surface area contributed by atoms with Crippen molar-refractivity contribution in [3.05, 3.63) is 35.9 Å². The van der Waals surface area contributed by atoms with Gasteiger partial charge in [0.1, 0.15) is 5.60 Å². The molecule has 1 aliphatic carbocycles. The van der Waals surface area contributed by atoms with E-state index in [1.54, 1.807) is 51.1 Å². The minimum atomic E-state index is -0.987. The molecule has 1 amide bonds. The van der Waals surface area contributed by atoms with Gasteiger partial charge in [0.25, 0.3) is 0 Å². The van der Waals surface area contributed by atoms with Gasteiger partial charge in [0.05, 0.1) is 11.8 Å². The quantitative estimate of drug-likeness (QED) is 0.809. The van der Waals surface area contributed by atoms with E-state index in [9.17, 15) is 14.4 Å². The Kier molecular flexibility index (Phi) is 4.73. The highest BCUT2D eigenvalue weighted by molar-refractivity contribution is 5.92. The zero-order valence-corrected chi connectivity index (χ0v) is 13.4. The van der Waals surface area contributed by atoms with Crippen LogP contribution in [0.1, 0.15) is 38.8 Å². The van der Waals surface area contributed by atoms with E-state index in [0.717, 1.165) is 0 Å². The minimum absolute atomic E-state index is 0.303. The Balaban J connectivity index is 2.13. The van der Waals surface area contributed by atoms with E-state index in [4.69, 9.17) is 9.84 Å². The first kappa shape index (κ1) is 17.0. The van der Waals surface area contributed by atoms with Crippen LogP contribution in [0.2, 0.25) is 0 Å². The molecule has 2 N–H and O–H groups in total. The first-order valence-corrected chi connectivity index (χ1v) is 7.50. The number of carboxylic acids is 1. The molecule has 1 aromatic rings. The van der Waals surface area contributed by atoms with Crippen LogP contribution in [0.5, 0.6) is 0 Å². The van der Waals surface area contributed by atoms with E-state index < -0.39 is 41.3 Å². The number of hydrogen-bond donors (Lipinski definition) is 2. The summed E-state index contributed by atoms with van der Waals surface area (Å²) in [6.45, 7) is 5.24. The third kappa shape index (κ3) is 4.55. The second-order valence-electron chi connectivity index (χ2n) is 6.67. The highest BCUT2D eigenvalue weighted by Crippen LogP contribution is 2.39. The molecule has 0 heterocycles. The minimum Gasteiger partial charge on any atom is -0.481 e. The van der Waals surface area contributed by atoms with Gasteiger partial charge in [-0.1, -0.05) is 30.3 Å². The molecule has 0 aliphatic heterocycles. The zero-order valence-electron chi connectivity index (χ0n) is 13.4. The molecule has 2 rings (SSSR count). The van der Waals surface area contributed by atoms with E-state index >= 15 is 0 Å². The van der Waals surface area contributed by atoms with Gasteiger partial charge in [-0.05, 0) is 32.8 Å². The van der Waals surface area contributed by atoms with Crippen molar-refractivity contribution in [2.24, 2.45) is 11.8 Å². The Morgan fingerprint density at radius 2 is 1.78 bits per heavy atom. The first-order chi connectivity index (χ1) is 10.7. The molecule has 6 nitrogen and oxygen atoms in total. The molecule has 0 spiro atoms. The molecule has 1 fully saturated rings. The molecule has 3 atom stereocenters. The van der Waals surface area contributed by atoms with Gasteiger partial charge in [0.2, 0.25) is 5.91 Å². The summed E-state index contributed by atoms with van der Waals surface area (Å²) in [5.41, 5.74) is -0.0829. The smallest absolute Gasteiger partial charge is 0.333 e. The predicted octanol–water partition coefficient (Wildman–Crippen LogP) is 1.91. The van der Waals surface area contributed by atoms with Crippen LogP contribution in [0, 0.1) is 11.8 Å². The van der Waals surface area contributed by atoms with Crippen molar-refractivity contribution in [3.8, 4) is 0 Å². The Morgan fingerprint density at radius 1 is 1.17 bits per heavy atom. The summed E-state index contributed by atoms with van der Waals surface area (Å²) in [6.07, 6.45) is 0.303. The van der Waals surface area contributed by atoms with Crippen molar-refractivity contribution in [1.82, 2.24) is 5.32 Å². The lowest BCUT2D eigenvalue weighted by Crippen LogP contribution is -2.39. The highest BCUT2D eigenvalue weighted by atomic mass is 16.6. The number of rotatable bonds is 5. The van der Waals surface area contributed by atoms with Crippen molar-refractivity contribution < 1.29 is 24.2 Å². The van der Waals surface area contributed by atoms with E-state index in [0.29, 0.717) is 12.0 Å². The average Bonchev–Trinajstić information content (AvgIpc) is 3.24. The second kappa shape index (κ2) is 6.40. The summed E-state index contributed by atoms with van der Waals surface area (Å²) in [4.78, 5) is 35.5. The molecule has 1 aliphatic rings. The molecule has 0 bridgehead atoms. The van der Waals surface area contributed by atoms with Crippen molar-refractivity contribution in [1.29, 1.82) is 0 Å². The number of benzene rings is 1. The Hall–Kier alpha value is -2.37. The Morgan fingerprint density at radius 3 is 2.26 bits per heavy atom. The van der Waals surface area contributed by atoms with Crippen molar-refractivity contribution >= 4 is 17.8 Å². The number of hydrogen-bond acceptors (Lipinski definition) is 4. The van der Waals surface area contributed by atoms with Gasteiger partial charge in [0, 0.05) is 0 Å². The van der Waals surface area contributed by atoms with E-state index in [2.05, 4.69) is 5.32 Å². The molecule has 0 aromatic heterocycles. The van der Waals surface area contributed by atoms with Crippen LogP contribution in [0.4, 0.5) is 0 Å². The average molecular weight is 319 g/mol. The van der Waals surface area contributed by atoms with Gasteiger partial charge in [-0.2, -0.15) is 0 Å². The standard InChI is InChI=1S/C17H21NO5/c1-17(2,3)23-16(22)13(10-7-5-4-6-8-10)18-14(19)11-9-12(11)15(20)21/h4-8,11-13H,9H2,1-3H3,(H,18,19)(H,20,21)/t11?,12?,13-/m0/s1. The van der Waals surface area contributed by atoms with Gasteiger partial charge < -0.3 is 15.2 Å². The lowest BCUT2D eigenvalue weighted by molar-refractivity contribution is -0.159. The molecule has 23 heavy (non-hydrogen) atoms. The van der Waals surface area contributed by atoms with Gasteiger partial charge in [-0.15, -0.1) is 0 Å². The fourth-order valence-corrected chi connectivity index (χ4v) is 2.29. The molecular formula is C17H21NO5. The number of carboxylic acid groups (broad SMARTS) is 1. The van der Waals surface area contributed by atoms with Crippen LogP contribution in [-0.4, -0.2) is 28.6 Å². The molecule has 6 heteroatoms. The normalized spacial score (nSPS) is 21.2. The summed E-state index contributed by atoms with van der Waals surface area (Å²) in [5.74, 6) is -3.23. The summed E-state index contributed by atoms with van der Waals surface area (Å²) in [5, 5.41) is 11.5. The van der Waals surface area contributed by atoms with Gasteiger partial charge in [-0.3, -0.25) is 9.59 Å². The van der Waals surface area contributed by atoms with Crippen molar-refractivity contribution in [2.45, 2.75) is 38.8 Å². The summed E-state index contributed by atoms with van der Waals surface area (Å²) in [7, 11) is 0. The molecule has 0 radical (unpaired) electrons. The molecule has 0 saturated heterocycles. The van der Waals surface area contributed by atoms with Crippen LogP contribution >= 0.6 is 0 Å². The third-order valence-corrected chi connectivity index (χ3v) is 3.51. The first-order valence-electron chi connectivity index (χ1n) is 7.50. The summed E-state index contributed by atoms with van der Waals surface area (Å²) in [6, 6.07) is 7.82. The van der Waals surface area contributed by atoms with Crippen LogP contribution < -0.4 is 5.32 Å². The summed E-state index contributed by atoms with van der Waals surface area (Å²) >= 11 is 0. The molecular weight excluding hydrogens is 298 g/mol. The van der Waals surface area contributed by atoms with Crippen LogP contribution in [0.15, 0.2) is 30.3 Å². The van der Waals surface area contributed by atoms with Gasteiger partial charge in [0.15, 0.2) is 6.04 Å². The Labute approximate surface area is 134 Å². The monoisotopic (exact) mass is 319 g/mol. The largest absolute Gasteiger partial charge is 0.481 e. The Bertz CT molecular complexity index is 605. The van der Waals surface area contributed by atoms with Gasteiger partial charge in [-0.25, -0.2) is 4.79 Å². The number of carbonyl (C=O) groups excluding carboxylic acids is 2. The van der Waals surface area contributed by atoms with E-state index in [1.807, 2.05) is 0 Å². The lowest BCUT2D eigenvalue weighted by atomic mass is 10.1. The van der Waals surface area contributed by atoms with Crippen LogP contribution in [0.3, 0.4) is 0 Å². The lowest BCUT2D eigenvalue weighted by Gasteiger charge is -2.25. The fourth-order valence-electron chi connectivity index (χ4n) is 2.29. The van der Waals surface area contributed by atoms with Crippen molar-refractivity contribution in [2.75, 3.05) is 0 Å². The molecule has 1 saturated carbocycles. The molecule has 2 unspecified atom stereocenters. The van der Waals surface area contributed by atoms with Crippen molar-refractivity contribution in [3.63, 3.8) is 0 Å². The predicted molar refractivity (Wildman–Crippen MR) is 82.4 cm³/mol. The number of esters is 1. The SMILES string of the molecule is CC(C)(C)OC(=O)[C@@H](NC(=O)C1CC1C(=O)O)c1ccccc1. The number of carbonyl (C=O) groups is 3. The number of nitrogens with one attached hydrogen (secondary N) is 1. The third-order valence-electron chi connectivity index (χ3n) is 3.51. The molecule has 1 aromatic carbocycles. The second-order valence-corrected chi connectivity index (χ2v) is 6.67. The number of aliphatic carboxylic acids is 1. The zero-order chi connectivity index (χ0) is 17.2. The fraction of sp³-hybridized carbons (Fsp3) is 0.471. The van der Waals surface area contributed by atoms with Crippen LogP contribution in [0.25, 0.3) is 0 Å². The maximum absolute atomic E-state index is 12.4. The van der Waals surface area contributed by atoms with E-state index in [-0.39, 0.29) is 0 Å². The number of ether oxygens (including phenoxy) is 1. The topological polar surface area (TPSA) is 92.7 Å². The summed E-state index contributed by atoms with van der Waals surface area (Å²) < 4.78 is 5.36. The number of amides is 1. The maximum Gasteiger partial charge on any atom is 0.333 e. The maximum atomic E-state index is 12.4. The van der Waals surface area contributed by atoms with Gasteiger partial charge >= 0.3 is 11.9 Å². The molecule has 124 valence electrons. The van der Waals surface area contributed by atoms with Crippen LogP contribution in [-0.2, 0) is 19.1 Å². The highest BCUT2D eigenvalue weighted by Gasteiger charge is 2.49.